The minimum Gasteiger partial charge on any atom is -0.472 e. The molecule has 4 nitrogen and oxygen atoms in total. The Bertz CT molecular complexity index is 315. The Balaban J connectivity index is 1.89. The Morgan fingerprint density at radius 2 is 2.60 bits per heavy atom. The van der Waals surface area contributed by atoms with Crippen LogP contribution in [0.25, 0.3) is 0 Å². The van der Waals surface area contributed by atoms with Gasteiger partial charge in [0.15, 0.2) is 0 Å². The fourth-order valence-corrected chi connectivity index (χ4v) is 1.90. The molecule has 82 valence electrons. The van der Waals surface area contributed by atoms with E-state index in [0.717, 1.165) is 24.9 Å². The molecule has 0 bridgehead atoms. The number of hydrogen-bond acceptors (Lipinski definition) is 3. The van der Waals surface area contributed by atoms with Gasteiger partial charge in [-0.1, -0.05) is 0 Å². The molecule has 1 fully saturated rings. The monoisotopic (exact) mass is 208 g/mol. The van der Waals surface area contributed by atoms with Gasteiger partial charge in [-0.15, -0.1) is 0 Å². The Labute approximate surface area is 89.2 Å². The summed E-state index contributed by atoms with van der Waals surface area (Å²) < 4.78 is 4.97. The molecule has 4 heteroatoms. The summed E-state index contributed by atoms with van der Waals surface area (Å²) in [6, 6.07) is 1.90. The summed E-state index contributed by atoms with van der Waals surface area (Å²) in [7, 11) is 1.83. The lowest BCUT2D eigenvalue weighted by molar-refractivity contribution is -0.132. The van der Waals surface area contributed by atoms with Crippen molar-refractivity contribution < 1.29 is 9.21 Å². The molecule has 1 saturated heterocycles. The van der Waals surface area contributed by atoms with Crippen LogP contribution in [0.2, 0.25) is 0 Å². The SMILES string of the molecule is CN(Cc1ccoc1)C(=O)[C@@H]1CCCN1. The van der Waals surface area contributed by atoms with Crippen LogP contribution < -0.4 is 5.32 Å². The van der Waals surface area contributed by atoms with E-state index in [-0.39, 0.29) is 11.9 Å². The summed E-state index contributed by atoms with van der Waals surface area (Å²) in [4.78, 5) is 13.6. The highest BCUT2D eigenvalue weighted by Crippen LogP contribution is 2.10. The van der Waals surface area contributed by atoms with Gasteiger partial charge in [0.25, 0.3) is 0 Å². The number of carbonyl (C=O) groups is 1. The minimum atomic E-state index is 0.0156. The summed E-state index contributed by atoms with van der Waals surface area (Å²) >= 11 is 0. The number of likely N-dealkylation sites (N-methyl/N-ethyl adjacent to an activating group) is 1. The van der Waals surface area contributed by atoms with E-state index in [1.807, 2.05) is 13.1 Å². The van der Waals surface area contributed by atoms with Gasteiger partial charge in [-0.3, -0.25) is 4.79 Å². The third kappa shape index (κ3) is 2.39. The summed E-state index contributed by atoms with van der Waals surface area (Å²) in [5, 5.41) is 3.20. The number of nitrogens with one attached hydrogen (secondary N) is 1. The summed E-state index contributed by atoms with van der Waals surface area (Å²) in [6.07, 6.45) is 5.35. The predicted octanol–water partition coefficient (Wildman–Crippen LogP) is 0.990. The van der Waals surface area contributed by atoms with Gasteiger partial charge in [-0.25, -0.2) is 0 Å². The normalized spacial score (nSPS) is 20.5. The first-order chi connectivity index (χ1) is 7.27. The second-order valence-electron chi connectivity index (χ2n) is 3.97. The maximum atomic E-state index is 11.9. The predicted molar refractivity (Wildman–Crippen MR) is 56.2 cm³/mol. The van der Waals surface area contributed by atoms with Crippen molar-refractivity contribution in [1.29, 1.82) is 0 Å². The zero-order valence-electron chi connectivity index (χ0n) is 8.90. The van der Waals surface area contributed by atoms with E-state index in [9.17, 15) is 4.79 Å². The smallest absolute Gasteiger partial charge is 0.239 e. The van der Waals surface area contributed by atoms with Gasteiger partial charge >= 0.3 is 0 Å². The first-order valence-corrected chi connectivity index (χ1v) is 5.27. The average molecular weight is 208 g/mol. The van der Waals surface area contributed by atoms with Crippen molar-refractivity contribution in [2.24, 2.45) is 0 Å². The third-order valence-electron chi connectivity index (χ3n) is 2.73. The Kier molecular flexibility index (Phi) is 3.06. The van der Waals surface area contributed by atoms with E-state index in [2.05, 4.69) is 5.32 Å². The average Bonchev–Trinajstić information content (AvgIpc) is 2.88. The van der Waals surface area contributed by atoms with Crippen LogP contribution in [0.4, 0.5) is 0 Å². The van der Waals surface area contributed by atoms with E-state index in [4.69, 9.17) is 4.42 Å². The van der Waals surface area contributed by atoms with E-state index in [1.54, 1.807) is 17.4 Å². The number of amides is 1. The zero-order valence-corrected chi connectivity index (χ0v) is 8.90. The molecule has 1 N–H and O–H groups in total. The van der Waals surface area contributed by atoms with Gasteiger partial charge in [0.2, 0.25) is 5.91 Å². The molecule has 1 aliphatic rings. The summed E-state index contributed by atoms with van der Waals surface area (Å²) in [5.41, 5.74) is 1.03. The molecule has 1 aromatic rings. The zero-order chi connectivity index (χ0) is 10.7. The van der Waals surface area contributed by atoms with Crippen LogP contribution in [0, 0.1) is 0 Å². The lowest BCUT2D eigenvalue weighted by Gasteiger charge is -2.20. The molecule has 0 radical (unpaired) electrons. The molecule has 0 saturated carbocycles. The van der Waals surface area contributed by atoms with Crippen LogP contribution in [-0.4, -0.2) is 30.4 Å². The highest BCUT2D eigenvalue weighted by molar-refractivity contribution is 5.81. The molecule has 0 spiro atoms. The number of nitrogens with zero attached hydrogens (tertiary/aromatic N) is 1. The van der Waals surface area contributed by atoms with E-state index < -0.39 is 0 Å². The molecule has 1 atom stereocenters. The van der Waals surface area contributed by atoms with Crippen molar-refractivity contribution in [3.63, 3.8) is 0 Å². The van der Waals surface area contributed by atoms with E-state index in [0.29, 0.717) is 6.54 Å². The lowest BCUT2D eigenvalue weighted by Crippen LogP contribution is -2.41. The molecule has 0 unspecified atom stereocenters. The van der Waals surface area contributed by atoms with Crippen molar-refractivity contribution in [2.45, 2.75) is 25.4 Å². The standard InChI is InChI=1S/C11H16N2O2/c1-13(7-9-4-6-15-8-9)11(14)10-3-2-5-12-10/h4,6,8,10,12H,2-3,5,7H2,1H3/t10-/m0/s1. The molecule has 15 heavy (non-hydrogen) atoms. The highest BCUT2D eigenvalue weighted by Gasteiger charge is 2.24. The van der Waals surface area contributed by atoms with Gasteiger partial charge in [0, 0.05) is 19.2 Å². The molecular weight excluding hydrogens is 192 g/mol. The van der Waals surface area contributed by atoms with Crippen molar-refractivity contribution in [2.75, 3.05) is 13.6 Å². The van der Waals surface area contributed by atoms with Crippen LogP contribution in [0.3, 0.4) is 0 Å². The molecule has 1 aliphatic heterocycles. The number of hydrogen-bond donors (Lipinski definition) is 1. The van der Waals surface area contributed by atoms with Gasteiger partial charge in [-0.2, -0.15) is 0 Å². The fraction of sp³-hybridized carbons (Fsp3) is 0.545. The minimum absolute atomic E-state index is 0.0156. The molecule has 0 aliphatic carbocycles. The topological polar surface area (TPSA) is 45.5 Å². The van der Waals surface area contributed by atoms with Crippen LogP contribution in [0.5, 0.6) is 0 Å². The first kappa shape index (κ1) is 10.2. The second-order valence-corrected chi connectivity index (χ2v) is 3.97. The quantitative estimate of drug-likeness (QED) is 0.805. The Hall–Kier alpha value is -1.29. The maximum absolute atomic E-state index is 11.9. The van der Waals surface area contributed by atoms with Gasteiger partial charge in [0.05, 0.1) is 18.6 Å². The van der Waals surface area contributed by atoms with Gasteiger partial charge in [0.1, 0.15) is 0 Å². The van der Waals surface area contributed by atoms with Crippen LogP contribution in [0.15, 0.2) is 23.0 Å². The van der Waals surface area contributed by atoms with Crippen LogP contribution in [-0.2, 0) is 11.3 Å². The summed E-state index contributed by atoms with van der Waals surface area (Å²) in [6.45, 7) is 1.57. The Morgan fingerprint density at radius 3 is 3.20 bits per heavy atom. The Morgan fingerprint density at radius 1 is 1.73 bits per heavy atom. The van der Waals surface area contributed by atoms with E-state index in [1.165, 1.54) is 0 Å². The number of rotatable bonds is 3. The van der Waals surface area contributed by atoms with Crippen LogP contribution in [0.1, 0.15) is 18.4 Å². The van der Waals surface area contributed by atoms with Crippen molar-refractivity contribution >= 4 is 5.91 Å². The van der Waals surface area contributed by atoms with Gasteiger partial charge < -0.3 is 14.6 Å². The maximum Gasteiger partial charge on any atom is 0.239 e. The largest absolute Gasteiger partial charge is 0.472 e. The van der Waals surface area contributed by atoms with Gasteiger partial charge in [-0.05, 0) is 25.5 Å². The van der Waals surface area contributed by atoms with Crippen molar-refractivity contribution in [3.05, 3.63) is 24.2 Å². The molecule has 0 aromatic carbocycles. The number of furan rings is 1. The molecule has 1 aromatic heterocycles. The van der Waals surface area contributed by atoms with Crippen LogP contribution >= 0.6 is 0 Å². The highest BCUT2D eigenvalue weighted by atomic mass is 16.3. The number of carbonyl (C=O) groups excluding carboxylic acids is 1. The molecule has 2 heterocycles. The van der Waals surface area contributed by atoms with Crippen molar-refractivity contribution in [3.8, 4) is 0 Å². The molecule has 1 amide bonds. The van der Waals surface area contributed by atoms with E-state index >= 15 is 0 Å². The van der Waals surface area contributed by atoms with Crippen molar-refractivity contribution in [1.82, 2.24) is 10.2 Å². The first-order valence-electron chi connectivity index (χ1n) is 5.27. The second kappa shape index (κ2) is 4.49. The fourth-order valence-electron chi connectivity index (χ4n) is 1.90. The third-order valence-corrected chi connectivity index (χ3v) is 2.73. The summed E-state index contributed by atoms with van der Waals surface area (Å²) in [5.74, 6) is 0.175. The molecular formula is C11H16N2O2. The molecule has 2 rings (SSSR count). The lowest BCUT2D eigenvalue weighted by atomic mass is 10.2.